The van der Waals surface area contributed by atoms with Crippen LogP contribution in [0.2, 0.25) is 10.0 Å². The third-order valence-corrected chi connectivity index (χ3v) is 5.11. The molecule has 2 rings (SSSR count). The monoisotopic (exact) mass is 317 g/mol. The Morgan fingerprint density at radius 3 is 2.50 bits per heavy atom. The normalized spacial score (nSPS) is 20.2. The van der Waals surface area contributed by atoms with Crippen LogP contribution in [0.25, 0.3) is 0 Å². The van der Waals surface area contributed by atoms with E-state index in [1.54, 1.807) is 19.2 Å². The van der Waals surface area contributed by atoms with Crippen molar-refractivity contribution in [3.8, 4) is 0 Å². The SMILES string of the molecule is COC1(CC(O)C(CN)c2ccc(Cl)c(Cl)c2)CCC1. The smallest absolute Gasteiger partial charge is 0.0703 e. The molecule has 0 radical (unpaired) electrons. The first kappa shape index (κ1) is 16.1. The number of hydrogen-bond acceptors (Lipinski definition) is 3. The fourth-order valence-electron chi connectivity index (χ4n) is 2.84. The van der Waals surface area contributed by atoms with Gasteiger partial charge in [0.2, 0.25) is 0 Å². The van der Waals surface area contributed by atoms with Gasteiger partial charge in [0.05, 0.1) is 21.8 Å². The van der Waals surface area contributed by atoms with Crippen molar-refractivity contribution in [3.05, 3.63) is 33.8 Å². The summed E-state index contributed by atoms with van der Waals surface area (Å²) in [7, 11) is 1.71. The Morgan fingerprint density at radius 1 is 1.35 bits per heavy atom. The molecule has 20 heavy (non-hydrogen) atoms. The van der Waals surface area contributed by atoms with E-state index in [-0.39, 0.29) is 11.5 Å². The van der Waals surface area contributed by atoms with Gasteiger partial charge in [0, 0.05) is 26.0 Å². The number of aliphatic hydroxyl groups is 1. The number of methoxy groups -OCH3 is 1. The predicted octanol–water partition coefficient (Wildman–Crippen LogP) is 3.36. The first-order valence-electron chi connectivity index (χ1n) is 6.89. The molecule has 0 heterocycles. The highest BCUT2D eigenvalue weighted by Gasteiger charge is 2.40. The summed E-state index contributed by atoms with van der Waals surface area (Å²) in [6, 6.07) is 5.39. The van der Waals surface area contributed by atoms with E-state index in [9.17, 15) is 5.11 Å². The second-order valence-corrected chi connectivity index (χ2v) is 6.34. The number of halogens is 2. The summed E-state index contributed by atoms with van der Waals surface area (Å²) in [6.07, 6.45) is 3.21. The van der Waals surface area contributed by atoms with Crippen molar-refractivity contribution in [2.24, 2.45) is 5.73 Å². The van der Waals surface area contributed by atoms with Gasteiger partial charge in [-0.1, -0.05) is 29.3 Å². The van der Waals surface area contributed by atoms with E-state index in [2.05, 4.69) is 0 Å². The van der Waals surface area contributed by atoms with Gasteiger partial charge in [-0.15, -0.1) is 0 Å². The molecule has 0 aliphatic heterocycles. The highest BCUT2D eigenvalue weighted by atomic mass is 35.5. The molecular formula is C15H21Cl2NO2. The minimum absolute atomic E-state index is 0.155. The maximum atomic E-state index is 10.5. The summed E-state index contributed by atoms with van der Waals surface area (Å²) in [5.74, 6) is -0.155. The molecule has 3 nitrogen and oxygen atoms in total. The van der Waals surface area contributed by atoms with Gasteiger partial charge in [0.15, 0.2) is 0 Å². The van der Waals surface area contributed by atoms with Gasteiger partial charge in [0.25, 0.3) is 0 Å². The van der Waals surface area contributed by atoms with Crippen LogP contribution < -0.4 is 5.73 Å². The minimum Gasteiger partial charge on any atom is -0.392 e. The van der Waals surface area contributed by atoms with E-state index >= 15 is 0 Å². The Hall–Kier alpha value is -0.320. The molecule has 1 fully saturated rings. The van der Waals surface area contributed by atoms with Crippen molar-refractivity contribution in [2.75, 3.05) is 13.7 Å². The molecule has 0 saturated heterocycles. The second kappa shape index (κ2) is 6.63. The average molecular weight is 318 g/mol. The van der Waals surface area contributed by atoms with Crippen molar-refractivity contribution in [3.63, 3.8) is 0 Å². The molecule has 0 spiro atoms. The van der Waals surface area contributed by atoms with Gasteiger partial charge in [-0.2, -0.15) is 0 Å². The molecule has 1 aromatic carbocycles. The third-order valence-electron chi connectivity index (χ3n) is 4.37. The molecular weight excluding hydrogens is 297 g/mol. The van der Waals surface area contributed by atoms with Crippen molar-refractivity contribution < 1.29 is 9.84 Å². The number of ether oxygens (including phenoxy) is 1. The Labute approximate surface area is 130 Å². The maximum absolute atomic E-state index is 10.5. The predicted molar refractivity (Wildman–Crippen MR) is 82.5 cm³/mol. The quantitative estimate of drug-likeness (QED) is 0.846. The van der Waals surface area contributed by atoms with Crippen LogP contribution in [0.15, 0.2) is 18.2 Å². The van der Waals surface area contributed by atoms with Gasteiger partial charge in [-0.25, -0.2) is 0 Å². The summed E-state index contributed by atoms with van der Waals surface area (Å²) < 4.78 is 5.57. The average Bonchev–Trinajstić information content (AvgIpc) is 2.39. The summed E-state index contributed by atoms with van der Waals surface area (Å²) in [5.41, 5.74) is 6.58. The molecule has 1 aliphatic carbocycles. The maximum Gasteiger partial charge on any atom is 0.0703 e. The minimum atomic E-state index is -0.544. The molecule has 1 aromatic rings. The standard InChI is InChI=1S/C15H21Cl2NO2/c1-20-15(5-2-6-15)8-14(19)11(9-18)10-3-4-12(16)13(17)7-10/h3-4,7,11,14,19H,2,5-6,8-9,18H2,1H3. The Balaban J connectivity index is 2.12. The first-order valence-corrected chi connectivity index (χ1v) is 7.65. The molecule has 2 unspecified atom stereocenters. The number of hydrogen-bond donors (Lipinski definition) is 2. The van der Waals surface area contributed by atoms with Crippen LogP contribution in [-0.4, -0.2) is 30.5 Å². The van der Waals surface area contributed by atoms with Crippen LogP contribution in [-0.2, 0) is 4.74 Å². The Kier molecular flexibility index (Phi) is 5.32. The molecule has 1 saturated carbocycles. The lowest BCUT2D eigenvalue weighted by molar-refractivity contribution is -0.102. The van der Waals surface area contributed by atoms with Crippen molar-refractivity contribution in [2.45, 2.75) is 43.3 Å². The third kappa shape index (κ3) is 3.29. The van der Waals surface area contributed by atoms with E-state index in [1.165, 1.54) is 0 Å². The topological polar surface area (TPSA) is 55.5 Å². The van der Waals surface area contributed by atoms with Crippen LogP contribution in [0.1, 0.15) is 37.2 Å². The number of rotatable bonds is 6. The molecule has 112 valence electrons. The lowest BCUT2D eigenvalue weighted by Gasteiger charge is -2.43. The summed E-state index contributed by atoms with van der Waals surface area (Å²) in [6.45, 7) is 0.360. The molecule has 3 N–H and O–H groups in total. The highest BCUT2D eigenvalue weighted by Crippen LogP contribution is 2.41. The van der Waals surface area contributed by atoms with E-state index < -0.39 is 6.10 Å². The van der Waals surface area contributed by atoms with Gasteiger partial charge < -0.3 is 15.6 Å². The summed E-state index contributed by atoms with van der Waals surface area (Å²) in [4.78, 5) is 0. The van der Waals surface area contributed by atoms with Crippen LogP contribution in [0, 0.1) is 0 Å². The van der Waals surface area contributed by atoms with Crippen molar-refractivity contribution >= 4 is 23.2 Å². The van der Waals surface area contributed by atoms with Crippen LogP contribution in [0.5, 0.6) is 0 Å². The highest BCUT2D eigenvalue weighted by molar-refractivity contribution is 6.42. The molecule has 0 amide bonds. The molecule has 0 bridgehead atoms. The number of nitrogens with two attached hydrogens (primary N) is 1. The van der Waals surface area contributed by atoms with Gasteiger partial charge in [-0.05, 0) is 37.0 Å². The lowest BCUT2D eigenvalue weighted by atomic mass is 9.73. The first-order chi connectivity index (χ1) is 9.51. The largest absolute Gasteiger partial charge is 0.392 e. The molecule has 5 heteroatoms. The number of benzene rings is 1. The summed E-state index contributed by atoms with van der Waals surface area (Å²) in [5, 5.41) is 11.5. The zero-order valence-corrected chi connectivity index (χ0v) is 13.1. The molecule has 1 aliphatic rings. The fraction of sp³-hybridized carbons (Fsp3) is 0.600. The van der Waals surface area contributed by atoms with E-state index in [0.29, 0.717) is 23.0 Å². The molecule has 2 atom stereocenters. The molecule has 0 aromatic heterocycles. The van der Waals surface area contributed by atoms with Gasteiger partial charge in [0.1, 0.15) is 0 Å². The zero-order chi connectivity index (χ0) is 14.8. The van der Waals surface area contributed by atoms with Crippen molar-refractivity contribution in [1.82, 2.24) is 0 Å². The van der Waals surface area contributed by atoms with Crippen LogP contribution in [0.3, 0.4) is 0 Å². The van der Waals surface area contributed by atoms with Crippen molar-refractivity contribution in [1.29, 1.82) is 0 Å². The number of aliphatic hydroxyl groups excluding tert-OH is 1. The van der Waals surface area contributed by atoms with E-state index in [0.717, 1.165) is 24.8 Å². The van der Waals surface area contributed by atoms with E-state index in [4.69, 9.17) is 33.7 Å². The van der Waals surface area contributed by atoms with E-state index in [1.807, 2.05) is 6.07 Å². The zero-order valence-electron chi connectivity index (χ0n) is 11.6. The van der Waals surface area contributed by atoms with Crippen LogP contribution >= 0.6 is 23.2 Å². The summed E-state index contributed by atoms with van der Waals surface area (Å²) >= 11 is 12.0. The van der Waals surface area contributed by atoms with Gasteiger partial charge >= 0.3 is 0 Å². The van der Waals surface area contributed by atoms with Gasteiger partial charge in [-0.3, -0.25) is 0 Å². The fourth-order valence-corrected chi connectivity index (χ4v) is 3.15. The second-order valence-electron chi connectivity index (χ2n) is 5.53. The van der Waals surface area contributed by atoms with Crippen LogP contribution in [0.4, 0.5) is 0 Å². The Bertz CT molecular complexity index is 458. The lowest BCUT2D eigenvalue weighted by Crippen LogP contribution is -2.44. The Morgan fingerprint density at radius 2 is 2.05 bits per heavy atom.